The molecule has 1 aromatic rings. The SMILES string of the molecule is Cc1cccc(OC(C)C(=O)N2CCC(O)C2)c1. The molecule has 1 fully saturated rings. The lowest BCUT2D eigenvalue weighted by atomic mass is 10.2. The van der Waals surface area contributed by atoms with Gasteiger partial charge in [0.15, 0.2) is 6.10 Å². The van der Waals surface area contributed by atoms with Crippen molar-refractivity contribution < 1.29 is 14.6 Å². The predicted octanol–water partition coefficient (Wildman–Crippen LogP) is 1.36. The minimum atomic E-state index is -0.517. The summed E-state index contributed by atoms with van der Waals surface area (Å²) in [5, 5.41) is 9.42. The molecule has 4 heteroatoms. The highest BCUT2D eigenvalue weighted by molar-refractivity contribution is 5.81. The number of aliphatic hydroxyl groups excluding tert-OH is 1. The highest BCUT2D eigenvalue weighted by Crippen LogP contribution is 2.16. The lowest BCUT2D eigenvalue weighted by Crippen LogP contribution is -2.39. The van der Waals surface area contributed by atoms with E-state index in [9.17, 15) is 9.90 Å². The maximum atomic E-state index is 12.1. The van der Waals surface area contributed by atoms with Crippen molar-refractivity contribution in [2.45, 2.75) is 32.5 Å². The molecule has 98 valence electrons. The Balaban J connectivity index is 1.95. The molecular formula is C14H19NO3. The van der Waals surface area contributed by atoms with E-state index in [-0.39, 0.29) is 12.0 Å². The minimum Gasteiger partial charge on any atom is -0.481 e. The Bertz CT molecular complexity index is 433. The summed E-state index contributed by atoms with van der Waals surface area (Å²) in [6, 6.07) is 7.63. The van der Waals surface area contributed by atoms with Crippen LogP contribution in [0.4, 0.5) is 0 Å². The van der Waals surface area contributed by atoms with Gasteiger partial charge in [0, 0.05) is 13.1 Å². The van der Waals surface area contributed by atoms with Crippen LogP contribution < -0.4 is 4.74 Å². The van der Waals surface area contributed by atoms with Crippen LogP contribution in [0.2, 0.25) is 0 Å². The number of aryl methyl sites for hydroxylation is 1. The first-order valence-electron chi connectivity index (χ1n) is 6.26. The van der Waals surface area contributed by atoms with Crippen LogP contribution >= 0.6 is 0 Å². The number of hydrogen-bond acceptors (Lipinski definition) is 3. The lowest BCUT2D eigenvalue weighted by Gasteiger charge is -2.21. The number of carbonyl (C=O) groups excluding carboxylic acids is 1. The van der Waals surface area contributed by atoms with Gasteiger partial charge in [0.25, 0.3) is 5.91 Å². The molecule has 0 spiro atoms. The second-order valence-electron chi connectivity index (χ2n) is 4.80. The summed E-state index contributed by atoms with van der Waals surface area (Å²) < 4.78 is 5.63. The topological polar surface area (TPSA) is 49.8 Å². The van der Waals surface area contributed by atoms with Gasteiger partial charge in [-0.2, -0.15) is 0 Å². The van der Waals surface area contributed by atoms with E-state index in [1.54, 1.807) is 11.8 Å². The first kappa shape index (κ1) is 12.9. The van der Waals surface area contributed by atoms with Crippen molar-refractivity contribution >= 4 is 5.91 Å². The molecule has 2 unspecified atom stereocenters. The van der Waals surface area contributed by atoms with Gasteiger partial charge in [-0.1, -0.05) is 12.1 Å². The molecule has 1 amide bonds. The van der Waals surface area contributed by atoms with Crippen LogP contribution in [0.25, 0.3) is 0 Å². The fourth-order valence-corrected chi connectivity index (χ4v) is 2.14. The van der Waals surface area contributed by atoms with Crippen molar-refractivity contribution in [1.82, 2.24) is 4.90 Å². The Kier molecular flexibility index (Phi) is 3.87. The second-order valence-corrected chi connectivity index (χ2v) is 4.80. The lowest BCUT2D eigenvalue weighted by molar-refractivity contribution is -0.137. The van der Waals surface area contributed by atoms with E-state index in [1.807, 2.05) is 31.2 Å². The quantitative estimate of drug-likeness (QED) is 0.880. The number of nitrogens with zero attached hydrogens (tertiary/aromatic N) is 1. The van der Waals surface area contributed by atoms with Crippen molar-refractivity contribution in [2.75, 3.05) is 13.1 Å². The molecule has 1 saturated heterocycles. The molecule has 1 heterocycles. The Morgan fingerprint density at radius 3 is 2.94 bits per heavy atom. The van der Waals surface area contributed by atoms with Crippen LogP contribution in [0.1, 0.15) is 18.9 Å². The molecule has 1 aliphatic rings. The number of ether oxygens (including phenoxy) is 1. The molecule has 1 aromatic carbocycles. The monoisotopic (exact) mass is 249 g/mol. The van der Waals surface area contributed by atoms with Gasteiger partial charge in [-0.05, 0) is 38.0 Å². The molecule has 0 aliphatic carbocycles. The third-order valence-electron chi connectivity index (χ3n) is 3.13. The molecule has 1 aliphatic heterocycles. The van der Waals surface area contributed by atoms with Crippen molar-refractivity contribution in [2.24, 2.45) is 0 Å². The Hall–Kier alpha value is -1.55. The normalized spacial score (nSPS) is 20.8. The number of benzene rings is 1. The number of carbonyl (C=O) groups is 1. The average molecular weight is 249 g/mol. The van der Waals surface area contributed by atoms with E-state index >= 15 is 0 Å². The van der Waals surface area contributed by atoms with Crippen LogP contribution in [0.5, 0.6) is 5.75 Å². The van der Waals surface area contributed by atoms with Crippen molar-refractivity contribution in [1.29, 1.82) is 0 Å². The van der Waals surface area contributed by atoms with Gasteiger partial charge in [0.2, 0.25) is 0 Å². The highest BCUT2D eigenvalue weighted by Gasteiger charge is 2.28. The number of β-amino-alcohol motifs (C(OH)–C–C–N with tert-alkyl or cyclic N) is 1. The van der Waals surface area contributed by atoms with E-state index in [0.29, 0.717) is 25.3 Å². The molecule has 0 saturated carbocycles. The van der Waals surface area contributed by atoms with Gasteiger partial charge >= 0.3 is 0 Å². The largest absolute Gasteiger partial charge is 0.481 e. The fourth-order valence-electron chi connectivity index (χ4n) is 2.14. The second kappa shape index (κ2) is 5.40. The van der Waals surface area contributed by atoms with E-state index in [1.165, 1.54) is 0 Å². The van der Waals surface area contributed by atoms with Gasteiger partial charge in [0.05, 0.1) is 6.10 Å². The smallest absolute Gasteiger partial charge is 0.263 e. The molecular weight excluding hydrogens is 230 g/mol. The Morgan fingerprint density at radius 2 is 2.33 bits per heavy atom. The Labute approximate surface area is 107 Å². The van der Waals surface area contributed by atoms with Crippen LogP contribution in [0.3, 0.4) is 0 Å². The van der Waals surface area contributed by atoms with Crippen LogP contribution in [-0.2, 0) is 4.79 Å². The third kappa shape index (κ3) is 3.01. The summed E-state index contributed by atoms with van der Waals surface area (Å²) in [6.07, 6.45) is -0.250. The maximum Gasteiger partial charge on any atom is 0.263 e. The average Bonchev–Trinajstić information content (AvgIpc) is 2.75. The van der Waals surface area contributed by atoms with Gasteiger partial charge in [-0.15, -0.1) is 0 Å². The number of hydrogen-bond donors (Lipinski definition) is 1. The summed E-state index contributed by atoms with van der Waals surface area (Å²) in [6.45, 7) is 4.76. The molecule has 0 bridgehead atoms. The van der Waals surface area contributed by atoms with Crippen LogP contribution in [-0.4, -0.2) is 41.2 Å². The number of rotatable bonds is 3. The van der Waals surface area contributed by atoms with Gasteiger partial charge < -0.3 is 14.7 Å². The summed E-state index contributed by atoms with van der Waals surface area (Å²) in [5.74, 6) is 0.642. The zero-order valence-corrected chi connectivity index (χ0v) is 10.8. The maximum absolute atomic E-state index is 12.1. The summed E-state index contributed by atoms with van der Waals surface area (Å²) in [7, 11) is 0. The number of aliphatic hydroxyl groups is 1. The number of likely N-dealkylation sites (tertiary alicyclic amines) is 1. The highest BCUT2D eigenvalue weighted by atomic mass is 16.5. The molecule has 0 radical (unpaired) electrons. The summed E-state index contributed by atoms with van der Waals surface area (Å²) >= 11 is 0. The molecule has 18 heavy (non-hydrogen) atoms. The molecule has 0 aromatic heterocycles. The van der Waals surface area contributed by atoms with Crippen LogP contribution in [0, 0.1) is 6.92 Å². The van der Waals surface area contributed by atoms with Crippen molar-refractivity contribution in [3.8, 4) is 5.75 Å². The summed E-state index contributed by atoms with van der Waals surface area (Å²) in [5.41, 5.74) is 1.10. The predicted molar refractivity (Wildman–Crippen MR) is 68.5 cm³/mol. The fraction of sp³-hybridized carbons (Fsp3) is 0.500. The van der Waals surface area contributed by atoms with Crippen molar-refractivity contribution in [3.05, 3.63) is 29.8 Å². The molecule has 2 atom stereocenters. The Morgan fingerprint density at radius 1 is 1.56 bits per heavy atom. The van der Waals surface area contributed by atoms with E-state index in [2.05, 4.69) is 0 Å². The van der Waals surface area contributed by atoms with E-state index in [4.69, 9.17) is 4.74 Å². The summed E-state index contributed by atoms with van der Waals surface area (Å²) in [4.78, 5) is 13.7. The molecule has 1 N–H and O–H groups in total. The first-order chi connectivity index (χ1) is 8.56. The zero-order chi connectivity index (χ0) is 13.1. The standard InChI is InChI=1S/C14H19NO3/c1-10-4-3-5-13(8-10)18-11(2)14(17)15-7-6-12(16)9-15/h3-5,8,11-12,16H,6-7,9H2,1-2H3. The van der Waals surface area contributed by atoms with Crippen molar-refractivity contribution in [3.63, 3.8) is 0 Å². The first-order valence-corrected chi connectivity index (χ1v) is 6.26. The van der Waals surface area contributed by atoms with Gasteiger partial charge in [-0.25, -0.2) is 0 Å². The van der Waals surface area contributed by atoms with Gasteiger partial charge in [-0.3, -0.25) is 4.79 Å². The van der Waals surface area contributed by atoms with Crippen LogP contribution in [0.15, 0.2) is 24.3 Å². The van der Waals surface area contributed by atoms with E-state index in [0.717, 1.165) is 5.56 Å². The molecule has 4 nitrogen and oxygen atoms in total. The number of amides is 1. The molecule has 2 rings (SSSR count). The third-order valence-corrected chi connectivity index (χ3v) is 3.13. The van der Waals surface area contributed by atoms with E-state index < -0.39 is 6.10 Å². The minimum absolute atomic E-state index is 0.0620. The van der Waals surface area contributed by atoms with Gasteiger partial charge in [0.1, 0.15) is 5.75 Å². The zero-order valence-electron chi connectivity index (χ0n) is 10.8.